The Balaban J connectivity index is 2.01. The van der Waals surface area contributed by atoms with E-state index in [0.717, 1.165) is 12.2 Å². The van der Waals surface area contributed by atoms with E-state index < -0.39 is 10.0 Å². The van der Waals surface area contributed by atoms with Gasteiger partial charge in [0, 0.05) is 32.4 Å². The molecule has 0 bridgehead atoms. The Bertz CT molecular complexity index is 774. The number of rotatable bonds is 7. The van der Waals surface area contributed by atoms with E-state index in [1.54, 1.807) is 7.05 Å². The van der Waals surface area contributed by atoms with Gasteiger partial charge in [-0.25, -0.2) is 18.1 Å². The number of likely N-dealkylation sites (N-methyl/N-ethyl adjacent to an activating group) is 1. The number of halogens is 1. The fraction of sp³-hybridized carbons (Fsp3) is 0.400. The number of nitrogens with one attached hydrogen (secondary N) is 1. The molecule has 0 amide bonds. The minimum atomic E-state index is -3.70. The Morgan fingerprint density at radius 1 is 1.39 bits per heavy atom. The smallest absolute Gasteiger partial charge is 0.261 e. The number of benzene rings is 1. The number of imidazole rings is 1. The zero-order chi connectivity index (χ0) is 17.0. The number of anilines is 1. The lowest BCUT2D eigenvalue weighted by atomic mass is 10.2. The molecule has 0 aliphatic rings. The van der Waals surface area contributed by atoms with Crippen LogP contribution in [0.5, 0.6) is 0 Å². The molecule has 0 unspecified atom stereocenters. The van der Waals surface area contributed by atoms with E-state index in [9.17, 15) is 8.42 Å². The number of hydrogen-bond donors (Lipinski definition) is 1. The molecule has 0 aliphatic heterocycles. The van der Waals surface area contributed by atoms with Gasteiger partial charge in [0.1, 0.15) is 5.15 Å². The Morgan fingerprint density at radius 2 is 2.13 bits per heavy atom. The normalized spacial score (nSPS) is 11.7. The third-order valence-electron chi connectivity index (χ3n) is 3.51. The molecule has 1 heterocycles. The summed E-state index contributed by atoms with van der Waals surface area (Å²) in [5.74, 6) is 0. The van der Waals surface area contributed by atoms with Crippen molar-refractivity contribution in [2.75, 3.05) is 24.5 Å². The van der Waals surface area contributed by atoms with Gasteiger partial charge in [0.15, 0.2) is 0 Å². The van der Waals surface area contributed by atoms with Crippen molar-refractivity contribution in [3.05, 3.63) is 41.3 Å². The monoisotopic (exact) mass is 356 g/mol. The highest BCUT2D eigenvalue weighted by atomic mass is 35.5. The van der Waals surface area contributed by atoms with Crippen molar-refractivity contribution in [2.24, 2.45) is 7.05 Å². The third kappa shape index (κ3) is 4.25. The lowest BCUT2D eigenvalue weighted by Crippen LogP contribution is -2.35. The van der Waals surface area contributed by atoms with E-state index in [0.29, 0.717) is 6.54 Å². The molecule has 1 N–H and O–H groups in total. The summed E-state index contributed by atoms with van der Waals surface area (Å²) in [5, 5.41) is -0.0381. The van der Waals surface area contributed by atoms with E-state index >= 15 is 0 Å². The van der Waals surface area contributed by atoms with Crippen LogP contribution < -0.4 is 9.62 Å². The van der Waals surface area contributed by atoms with Gasteiger partial charge in [-0.3, -0.25) is 0 Å². The zero-order valence-corrected chi connectivity index (χ0v) is 15.0. The van der Waals surface area contributed by atoms with Crippen LogP contribution in [0.25, 0.3) is 0 Å². The van der Waals surface area contributed by atoms with Crippen LogP contribution >= 0.6 is 11.6 Å². The summed E-state index contributed by atoms with van der Waals surface area (Å²) in [6.45, 7) is 5.69. The van der Waals surface area contributed by atoms with Crippen LogP contribution in [0.2, 0.25) is 5.15 Å². The first-order chi connectivity index (χ1) is 10.8. The minimum Gasteiger partial charge on any atom is -0.370 e. The lowest BCUT2D eigenvalue weighted by molar-refractivity contribution is 0.577. The molecule has 0 aliphatic carbocycles. The third-order valence-corrected chi connectivity index (χ3v) is 5.46. The first-order valence-electron chi connectivity index (χ1n) is 7.33. The second kappa shape index (κ2) is 7.33. The van der Waals surface area contributed by atoms with Crippen LogP contribution in [-0.4, -0.2) is 37.6 Å². The topological polar surface area (TPSA) is 67.2 Å². The summed E-state index contributed by atoms with van der Waals surface area (Å²) in [6.07, 6.45) is 1.38. The highest BCUT2D eigenvalue weighted by Gasteiger charge is 2.22. The van der Waals surface area contributed by atoms with Crippen LogP contribution in [0, 0.1) is 6.92 Å². The molecular formula is C15H21ClN4O2S. The highest BCUT2D eigenvalue weighted by molar-refractivity contribution is 7.89. The molecule has 23 heavy (non-hydrogen) atoms. The molecule has 0 saturated carbocycles. The fourth-order valence-electron chi connectivity index (χ4n) is 2.25. The Kier molecular flexibility index (Phi) is 5.67. The quantitative estimate of drug-likeness (QED) is 0.825. The molecule has 0 spiro atoms. The standard InChI is InChI=1S/C15H21ClN4O2S/c1-4-20(13-7-5-6-12(2)10-13)9-8-18-23(21,22)15-14(16)19(3)11-17-15/h5-7,10-11,18H,4,8-9H2,1-3H3. The second-order valence-electron chi connectivity index (χ2n) is 5.27. The van der Waals surface area contributed by atoms with Gasteiger partial charge in [0.25, 0.3) is 10.0 Å². The van der Waals surface area contributed by atoms with Crippen LogP contribution in [-0.2, 0) is 17.1 Å². The van der Waals surface area contributed by atoms with E-state index in [-0.39, 0.29) is 16.7 Å². The molecule has 1 aromatic heterocycles. The van der Waals surface area contributed by atoms with Gasteiger partial charge >= 0.3 is 0 Å². The molecule has 0 radical (unpaired) electrons. The van der Waals surface area contributed by atoms with E-state index in [2.05, 4.69) is 20.7 Å². The van der Waals surface area contributed by atoms with Gasteiger partial charge in [-0.2, -0.15) is 0 Å². The summed E-state index contributed by atoms with van der Waals surface area (Å²) in [7, 11) is -2.06. The molecular weight excluding hydrogens is 336 g/mol. The Labute approximate surface area is 142 Å². The van der Waals surface area contributed by atoms with Crippen LogP contribution in [0.15, 0.2) is 35.6 Å². The molecule has 8 heteroatoms. The Morgan fingerprint density at radius 3 is 2.70 bits per heavy atom. The predicted octanol–water partition coefficient (Wildman–Crippen LogP) is 2.19. The minimum absolute atomic E-state index is 0.100. The lowest BCUT2D eigenvalue weighted by Gasteiger charge is -2.23. The summed E-state index contributed by atoms with van der Waals surface area (Å²) < 4.78 is 28.5. The van der Waals surface area contributed by atoms with Crippen molar-refractivity contribution in [3.8, 4) is 0 Å². The molecule has 0 atom stereocenters. The first-order valence-corrected chi connectivity index (χ1v) is 9.19. The van der Waals surface area contributed by atoms with Gasteiger partial charge in [-0.1, -0.05) is 23.7 Å². The SMILES string of the molecule is CCN(CCNS(=O)(=O)c1ncn(C)c1Cl)c1cccc(C)c1. The van der Waals surface area contributed by atoms with E-state index in [1.807, 2.05) is 32.0 Å². The number of nitrogens with zero attached hydrogens (tertiary/aromatic N) is 3. The number of aromatic nitrogens is 2. The van der Waals surface area contributed by atoms with Gasteiger partial charge < -0.3 is 9.47 Å². The van der Waals surface area contributed by atoms with Crippen molar-refractivity contribution in [1.29, 1.82) is 0 Å². The van der Waals surface area contributed by atoms with Crippen molar-refractivity contribution in [2.45, 2.75) is 18.9 Å². The van der Waals surface area contributed by atoms with Crippen LogP contribution in [0.3, 0.4) is 0 Å². The average Bonchev–Trinajstić information content (AvgIpc) is 2.84. The largest absolute Gasteiger partial charge is 0.370 e. The summed E-state index contributed by atoms with van der Waals surface area (Å²) in [6, 6.07) is 8.11. The maximum Gasteiger partial charge on any atom is 0.261 e. The van der Waals surface area contributed by atoms with Gasteiger partial charge in [-0.15, -0.1) is 0 Å². The molecule has 6 nitrogen and oxygen atoms in total. The molecule has 0 fully saturated rings. The van der Waals surface area contributed by atoms with Gasteiger partial charge in [0.05, 0.1) is 6.33 Å². The second-order valence-corrected chi connectivity index (χ2v) is 7.31. The highest BCUT2D eigenvalue weighted by Crippen LogP contribution is 2.18. The molecule has 1 aromatic carbocycles. The van der Waals surface area contributed by atoms with Crippen molar-refractivity contribution < 1.29 is 8.42 Å². The summed E-state index contributed by atoms with van der Waals surface area (Å²) >= 11 is 5.95. The van der Waals surface area contributed by atoms with Crippen molar-refractivity contribution in [1.82, 2.24) is 14.3 Å². The van der Waals surface area contributed by atoms with Crippen molar-refractivity contribution in [3.63, 3.8) is 0 Å². The number of hydrogen-bond acceptors (Lipinski definition) is 4. The predicted molar refractivity (Wildman–Crippen MR) is 92.5 cm³/mol. The maximum absolute atomic E-state index is 12.2. The average molecular weight is 357 g/mol. The van der Waals surface area contributed by atoms with Crippen LogP contribution in [0.1, 0.15) is 12.5 Å². The molecule has 0 saturated heterocycles. The van der Waals surface area contributed by atoms with Crippen molar-refractivity contribution >= 4 is 27.3 Å². The molecule has 126 valence electrons. The number of aryl methyl sites for hydroxylation is 2. The van der Waals surface area contributed by atoms with Crippen LogP contribution in [0.4, 0.5) is 5.69 Å². The number of sulfonamides is 1. The Hall–Kier alpha value is -1.57. The zero-order valence-electron chi connectivity index (χ0n) is 13.5. The first kappa shape index (κ1) is 17.8. The van der Waals surface area contributed by atoms with E-state index in [4.69, 9.17) is 11.6 Å². The summed E-state index contributed by atoms with van der Waals surface area (Å²) in [4.78, 5) is 5.95. The van der Waals surface area contributed by atoms with Gasteiger partial charge in [-0.05, 0) is 31.5 Å². The summed E-state index contributed by atoms with van der Waals surface area (Å²) in [5.41, 5.74) is 2.24. The fourth-order valence-corrected chi connectivity index (χ4v) is 3.70. The molecule has 2 rings (SSSR count). The van der Waals surface area contributed by atoms with E-state index in [1.165, 1.54) is 16.5 Å². The maximum atomic E-state index is 12.2. The van der Waals surface area contributed by atoms with Gasteiger partial charge in [0.2, 0.25) is 5.03 Å². The molecule has 2 aromatic rings.